The van der Waals surface area contributed by atoms with Crippen molar-refractivity contribution in [1.82, 2.24) is 20.4 Å². The lowest BCUT2D eigenvalue weighted by Crippen LogP contribution is -2.42. The fraction of sp³-hybridized carbons (Fsp3) is 0.381. The Hall–Kier alpha value is -3.36. The first kappa shape index (κ1) is 18.7. The Bertz CT molecular complexity index is 1030. The van der Waals surface area contributed by atoms with Crippen molar-refractivity contribution in [2.45, 2.75) is 19.4 Å². The number of nitrogens with one attached hydrogen (secondary N) is 1. The summed E-state index contributed by atoms with van der Waals surface area (Å²) in [4.78, 5) is 43.2. The molecule has 3 amide bonds. The van der Waals surface area contributed by atoms with Gasteiger partial charge in [0, 0.05) is 5.56 Å². The number of allylic oxidation sites excluding steroid dienone is 2. The minimum atomic E-state index is -0.621. The number of halogens is 1. The largest absolute Gasteiger partial charge is 0.343 e. The van der Waals surface area contributed by atoms with Crippen LogP contribution in [0.2, 0.25) is 0 Å². The quantitative estimate of drug-likeness (QED) is 0.596. The van der Waals surface area contributed by atoms with Gasteiger partial charge in [0.05, 0.1) is 11.8 Å². The molecule has 0 spiro atoms. The predicted octanol–water partition coefficient (Wildman–Crippen LogP) is 1.86. The Labute approximate surface area is 171 Å². The van der Waals surface area contributed by atoms with Gasteiger partial charge in [-0.25, -0.2) is 4.39 Å². The lowest BCUT2D eigenvalue weighted by molar-refractivity contribution is -0.144. The van der Waals surface area contributed by atoms with E-state index in [1.54, 1.807) is 6.92 Å². The molecule has 30 heavy (non-hydrogen) atoms. The minimum absolute atomic E-state index is 0.103. The molecule has 0 radical (unpaired) electrons. The van der Waals surface area contributed by atoms with Gasteiger partial charge < -0.3 is 9.84 Å². The van der Waals surface area contributed by atoms with E-state index in [1.165, 1.54) is 24.3 Å². The molecule has 1 aliphatic heterocycles. The predicted molar refractivity (Wildman–Crippen MR) is 101 cm³/mol. The van der Waals surface area contributed by atoms with Gasteiger partial charge in [-0.2, -0.15) is 4.98 Å². The summed E-state index contributed by atoms with van der Waals surface area (Å²) in [5.74, 6) is -1.39. The van der Waals surface area contributed by atoms with E-state index < -0.39 is 11.9 Å². The van der Waals surface area contributed by atoms with Crippen LogP contribution < -0.4 is 5.32 Å². The van der Waals surface area contributed by atoms with Crippen LogP contribution in [0.15, 0.2) is 40.9 Å². The SMILES string of the molecule is C[C@@H](NC(=O)CN1C(=O)[C@@H]2[C@H](C1=O)[C@H]1C=C[C@H]2C1)c1nc(-c2ccc(F)cc2)no1. The van der Waals surface area contributed by atoms with E-state index in [2.05, 4.69) is 15.5 Å². The van der Waals surface area contributed by atoms with Crippen molar-refractivity contribution >= 4 is 17.7 Å². The number of imide groups is 1. The Balaban J connectivity index is 1.23. The number of rotatable bonds is 5. The van der Waals surface area contributed by atoms with Crippen molar-refractivity contribution in [1.29, 1.82) is 0 Å². The summed E-state index contributed by atoms with van der Waals surface area (Å²) in [6.45, 7) is 1.33. The van der Waals surface area contributed by atoms with Crippen LogP contribution in [0.3, 0.4) is 0 Å². The van der Waals surface area contributed by atoms with Gasteiger partial charge in [0.2, 0.25) is 29.4 Å². The van der Waals surface area contributed by atoms with Crippen molar-refractivity contribution in [3.05, 3.63) is 48.1 Å². The average Bonchev–Trinajstić information content (AvgIpc) is 3.49. The van der Waals surface area contributed by atoms with Gasteiger partial charge in [0.1, 0.15) is 18.4 Å². The van der Waals surface area contributed by atoms with Gasteiger partial charge >= 0.3 is 0 Å². The van der Waals surface area contributed by atoms with Crippen LogP contribution in [0.1, 0.15) is 25.3 Å². The topological polar surface area (TPSA) is 105 Å². The van der Waals surface area contributed by atoms with E-state index in [0.717, 1.165) is 11.3 Å². The third-order valence-corrected chi connectivity index (χ3v) is 6.16. The Morgan fingerprint density at radius 1 is 1.20 bits per heavy atom. The van der Waals surface area contributed by atoms with Crippen LogP contribution in [-0.2, 0) is 14.4 Å². The molecular weight excluding hydrogens is 391 g/mol. The maximum atomic E-state index is 13.1. The third-order valence-electron chi connectivity index (χ3n) is 6.16. The van der Waals surface area contributed by atoms with Crippen molar-refractivity contribution in [3.8, 4) is 11.4 Å². The van der Waals surface area contributed by atoms with E-state index in [1.807, 2.05) is 12.2 Å². The lowest BCUT2D eigenvalue weighted by atomic mass is 9.85. The number of carbonyl (C=O) groups excluding carboxylic acids is 3. The molecule has 1 saturated carbocycles. The standard InChI is InChI=1S/C21H19FN4O4/c1-10(19-24-18(25-30-19)11-4-6-14(22)7-5-11)23-15(27)9-26-20(28)16-12-2-3-13(8-12)17(16)21(26)29/h2-7,10,12-13,16-17H,8-9H2,1H3,(H,23,27)/t10-,12+,13+,16-,17+/m1/s1. The number of fused-ring (bicyclic) bond motifs is 5. The van der Waals surface area contributed by atoms with E-state index in [4.69, 9.17) is 4.52 Å². The highest BCUT2D eigenvalue weighted by atomic mass is 19.1. The molecule has 8 nitrogen and oxygen atoms in total. The maximum Gasteiger partial charge on any atom is 0.249 e. The maximum absolute atomic E-state index is 13.1. The zero-order chi connectivity index (χ0) is 21.0. The van der Waals surface area contributed by atoms with Crippen LogP contribution in [-0.4, -0.2) is 39.3 Å². The van der Waals surface area contributed by atoms with Crippen LogP contribution in [0.5, 0.6) is 0 Å². The molecule has 5 rings (SSSR count). The molecule has 2 bridgehead atoms. The van der Waals surface area contributed by atoms with Crippen molar-refractivity contribution < 1.29 is 23.3 Å². The van der Waals surface area contributed by atoms with Gasteiger partial charge in [-0.1, -0.05) is 17.3 Å². The third kappa shape index (κ3) is 2.92. The van der Waals surface area contributed by atoms with E-state index in [0.29, 0.717) is 5.56 Å². The first-order valence-electron chi connectivity index (χ1n) is 9.85. The fourth-order valence-electron chi connectivity index (χ4n) is 4.74. The number of benzene rings is 1. The number of likely N-dealkylation sites (tertiary alicyclic amines) is 1. The fourth-order valence-corrected chi connectivity index (χ4v) is 4.74. The first-order valence-corrected chi connectivity index (χ1v) is 9.85. The van der Waals surface area contributed by atoms with Gasteiger partial charge in [-0.05, 0) is 49.4 Å². The molecule has 0 unspecified atom stereocenters. The summed E-state index contributed by atoms with van der Waals surface area (Å²) in [7, 11) is 0. The first-order chi connectivity index (χ1) is 14.4. The van der Waals surface area contributed by atoms with E-state index in [9.17, 15) is 18.8 Å². The van der Waals surface area contributed by atoms with Crippen LogP contribution in [0, 0.1) is 29.5 Å². The Kier molecular flexibility index (Phi) is 4.27. The normalized spacial score (nSPS) is 27.6. The lowest BCUT2D eigenvalue weighted by Gasteiger charge is -2.18. The van der Waals surface area contributed by atoms with Crippen LogP contribution >= 0.6 is 0 Å². The number of aromatic nitrogens is 2. The number of hydrogen-bond acceptors (Lipinski definition) is 6. The number of nitrogens with zero attached hydrogens (tertiary/aromatic N) is 3. The van der Waals surface area contributed by atoms with Crippen molar-refractivity contribution in [2.24, 2.45) is 23.7 Å². The molecule has 1 aromatic heterocycles. The van der Waals surface area contributed by atoms with Crippen molar-refractivity contribution in [3.63, 3.8) is 0 Å². The summed E-state index contributed by atoms with van der Waals surface area (Å²) < 4.78 is 18.3. The molecular formula is C21H19FN4O4. The zero-order valence-electron chi connectivity index (χ0n) is 16.1. The molecule has 1 aromatic carbocycles. The second kappa shape index (κ2) is 6.86. The molecule has 5 atom stereocenters. The zero-order valence-corrected chi connectivity index (χ0v) is 16.1. The molecule has 3 aliphatic rings. The Morgan fingerprint density at radius 2 is 1.83 bits per heavy atom. The van der Waals surface area contributed by atoms with Gasteiger partial charge in [0.25, 0.3) is 0 Å². The van der Waals surface area contributed by atoms with E-state index >= 15 is 0 Å². The summed E-state index contributed by atoms with van der Waals surface area (Å²) in [6.07, 6.45) is 4.87. The highest BCUT2D eigenvalue weighted by Gasteiger charge is 2.59. The van der Waals surface area contributed by atoms with Crippen molar-refractivity contribution in [2.75, 3.05) is 6.54 Å². The number of hydrogen-bond donors (Lipinski definition) is 1. The number of amides is 3. The molecule has 1 N–H and O–H groups in total. The molecule has 1 saturated heterocycles. The molecule has 2 aliphatic carbocycles. The highest BCUT2D eigenvalue weighted by molar-refractivity contribution is 6.08. The smallest absolute Gasteiger partial charge is 0.249 e. The van der Waals surface area contributed by atoms with E-state index in [-0.39, 0.29) is 59.6 Å². The highest BCUT2D eigenvalue weighted by Crippen LogP contribution is 2.52. The van der Waals surface area contributed by atoms with Crippen LogP contribution in [0.25, 0.3) is 11.4 Å². The molecule has 2 fully saturated rings. The average molecular weight is 410 g/mol. The summed E-state index contributed by atoms with van der Waals surface area (Å²) in [6, 6.07) is 5.01. The van der Waals surface area contributed by atoms with Crippen LogP contribution in [0.4, 0.5) is 4.39 Å². The molecule has 2 aromatic rings. The summed E-state index contributed by atoms with van der Waals surface area (Å²) >= 11 is 0. The molecule has 2 heterocycles. The Morgan fingerprint density at radius 3 is 2.47 bits per heavy atom. The second-order valence-corrected chi connectivity index (χ2v) is 8.01. The number of carbonyl (C=O) groups is 3. The molecule has 154 valence electrons. The van der Waals surface area contributed by atoms with Gasteiger partial charge in [0.15, 0.2) is 0 Å². The second-order valence-electron chi connectivity index (χ2n) is 8.01. The van der Waals surface area contributed by atoms with Gasteiger partial charge in [-0.15, -0.1) is 0 Å². The minimum Gasteiger partial charge on any atom is -0.343 e. The van der Waals surface area contributed by atoms with Gasteiger partial charge in [-0.3, -0.25) is 19.3 Å². The summed E-state index contributed by atoms with van der Waals surface area (Å²) in [5, 5.41) is 6.53. The monoisotopic (exact) mass is 410 g/mol. The summed E-state index contributed by atoms with van der Waals surface area (Å²) in [5.41, 5.74) is 0.577. The molecule has 9 heteroatoms.